The maximum atomic E-state index is 11.4. The molecule has 0 aliphatic carbocycles. The fraction of sp³-hybridized carbons (Fsp3) is 0.429. The molecule has 0 radical (unpaired) electrons. The van der Waals surface area contributed by atoms with Crippen LogP contribution in [0.15, 0.2) is 28.7 Å². The van der Waals surface area contributed by atoms with Crippen LogP contribution in [-0.4, -0.2) is 31.7 Å². The van der Waals surface area contributed by atoms with Crippen molar-refractivity contribution in [3.05, 3.63) is 34.3 Å². The molecular formula is C14H19BrN2O3. The van der Waals surface area contributed by atoms with Gasteiger partial charge in [0.2, 0.25) is 0 Å². The molecule has 2 amide bonds. The zero-order valence-electron chi connectivity index (χ0n) is 11.4. The van der Waals surface area contributed by atoms with Crippen molar-refractivity contribution < 1.29 is 14.3 Å². The highest BCUT2D eigenvalue weighted by Gasteiger charge is 2.03. The third-order valence-electron chi connectivity index (χ3n) is 2.53. The number of carbonyl (C=O) groups is 2. The number of esters is 1. The van der Waals surface area contributed by atoms with E-state index in [1.807, 2.05) is 24.3 Å². The minimum absolute atomic E-state index is 0.188. The summed E-state index contributed by atoms with van der Waals surface area (Å²) >= 11 is 3.37. The van der Waals surface area contributed by atoms with Gasteiger partial charge < -0.3 is 15.4 Å². The maximum Gasteiger partial charge on any atom is 0.314 e. The Kier molecular flexibility index (Phi) is 7.72. The molecule has 1 rings (SSSR count). The average molecular weight is 343 g/mol. The highest BCUT2D eigenvalue weighted by Crippen LogP contribution is 2.10. The first-order chi connectivity index (χ1) is 9.61. The molecule has 0 saturated carbocycles. The molecule has 0 bridgehead atoms. The van der Waals surface area contributed by atoms with Crippen molar-refractivity contribution in [3.63, 3.8) is 0 Å². The molecule has 20 heavy (non-hydrogen) atoms. The number of amides is 2. The van der Waals surface area contributed by atoms with Crippen LogP contribution in [0.3, 0.4) is 0 Å². The first-order valence-electron chi connectivity index (χ1n) is 6.53. The molecule has 5 nitrogen and oxygen atoms in total. The summed E-state index contributed by atoms with van der Waals surface area (Å²) < 4.78 is 5.79. The summed E-state index contributed by atoms with van der Waals surface area (Å²) in [4.78, 5) is 22.5. The van der Waals surface area contributed by atoms with Crippen molar-refractivity contribution in [2.45, 2.75) is 19.8 Å². The summed E-state index contributed by atoms with van der Waals surface area (Å²) in [5.41, 5.74) is 1.15. The molecule has 0 aliphatic rings. The molecule has 0 aliphatic heterocycles. The molecule has 0 saturated heterocycles. The molecule has 0 aromatic heterocycles. The van der Waals surface area contributed by atoms with Gasteiger partial charge >= 0.3 is 12.0 Å². The van der Waals surface area contributed by atoms with Gasteiger partial charge in [-0.3, -0.25) is 4.79 Å². The minimum Gasteiger partial charge on any atom is -0.466 e. The van der Waals surface area contributed by atoms with Crippen LogP contribution >= 0.6 is 15.9 Å². The second-order valence-electron chi connectivity index (χ2n) is 4.11. The number of halogens is 1. The molecule has 0 atom stereocenters. The number of nitrogens with one attached hydrogen (secondary N) is 2. The Hall–Kier alpha value is -1.56. The Bertz CT molecular complexity index is 435. The number of hydrogen-bond acceptors (Lipinski definition) is 3. The van der Waals surface area contributed by atoms with Crippen molar-refractivity contribution in [2.24, 2.45) is 0 Å². The molecule has 0 unspecified atom stereocenters. The van der Waals surface area contributed by atoms with E-state index in [1.165, 1.54) is 0 Å². The summed E-state index contributed by atoms with van der Waals surface area (Å²) in [6.07, 6.45) is 0.951. The predicted octanol–water partition coefficient (Wildman–Crippen LogP) is 2.24. The summed E-state index contributed by atoms with van der Waals surface area (Å²) in [6.45, 7) is 2.94. The number of benzene rings is 1. The SMILES string of the molecule is CCOC(=O)CCNC(=O)NCCc1ccc(Br)cc1. The topological polar surface area (TPSA) is 67.4 Å². The van der Waals surface area contributed by atoms with Crippen LogP contribution in [0.5, 0.6) is 0 Å². The third-order valence-corrected chi connectivity index (χ3v) is 3.06. The normalized spacial score (nSPS) is 9.90. The van der Waals surface area contributed by atoms with Gasteiger partial charge in [0.25, 0.3) is 0 Å². The lowest BCUT2D eigenvalue weighted by atomic mass is 10.1. The van der Waals surface area contributed by atoms with E-state index in [9.17, 15) is 9.59 Å². The number of rotatable bonds is 7. The summed E-state index contributed by atoms with van der Waals surface area (Å²) in [5.74, 6) is -0.303. The lowest BCUT2D eigenvalue weighted by Crippen LogP contribution is -2.37. The highest BCUT2D eigenvalue weighted by atomic mass is 79.9. The summed E-state index contributed by atoms with van der Waals surface area (Å²) in [5, 5.41) is 5.35. The molecule has 110 valence electrons. The molecular weight excluding hydrogens is 324 g/mol. The lowest BCUT2D eigenvalue weighted by Gasteiger charge is -2.07. The van der Waals surface area contributed by atoms with Crippen LogP contribution in [0.25, 0.3) is 0 Å². The monoisotopic (exact) mass is 342 g/mol. The zero-order valence-corrected chi connectivity index (χ0v) is 13.0. The fourth-order valence-corrected chi connectivity index (χ4v) is 1.81. The van der Waals surface area contributed by atoms with Crippen LogP contribution in [0.4, 0.5) is 4.79 Å². The number of urea groups is 1. The van der Waals surface area contributed by atoms with Crippen molar-refractivity contribution in [1.82, 2.24) is 10.6 Å². The van der Waals surface area contributed by atoms with Gasteiger partial charge in [0.15, 0.2) is 0 Å². The van der Waals surface area contributed by atoms with Crippen LogP contribution in [-0.2, 0) is 16.0 Å². The molecule has 2 N–H and O–H groups in total. The largest absolute Gasteiger partial charge is 0.466 e. The van der Waals surface area contributed by atoms with Gasteiger partial charge in [-0.2, -0.15) is 0 Å². The second kappa shape index (κ2) is 9.36. The Balaban J connectivity index is 2.11. The number of hydrogen-bond donors (Lipinski definition) is 2. The minimum atomic E-state index is -0.303. The quantitative estimate of drug-likeness (QED) is 0.746. The van der Waals surface area contributed by atoms with Gasteiger partial charge in [-0.15, -0.1) is 0 Å². The Morgan fingerprint density at radius 1 is 1.15 bits per heavy atom. The Morgan fingerprint density at radius 3 is 2.45 bits per heavy atom. The van der Waals surface area contributed by atoms with E-state index in [2.05, 4.69) is 26.6 Å². The van der Waals surface area contributed by atoms with Crippen molar-refractivity contribution in [2.75, 3.05) is 19.7 Å². The molecule has 6 heteroatoms. The van der Waals surface area contributed by atoms with Crippen molar-refractivity contribution in [1.29, 1.82) is 0 Å². The van der Waals surface area contributed by atoms with Crippen LogP contribution in [0.2, 0.25) is 0 Å². The molecule has 0 spiro atoms. The van der Waals surface area contributed by atoms with Gasteiger partial charge in [0, 0.05) is 17.6 Å². The average Bonchev–Trinajstić information content (AvgIpc) is 2.41. The van der Waals surface area contributed by atoms with Crippen molar-refractivity contribution >= 4 is 27.9 Å². The van der Waals surface area contributed by atoms with Gasteiger partial charge in [0.1, 0.15) is 0 Å². The predicted molar refractivity (Wildman–Crippen MR) is 80.5 cm³/mol. The van der Waals surface area contributed by atoms with Gasteiger partial charge in [-0.05, 0) is 31.0 Å². The maximum absolute atomic E-state index is 11.4. The molecule has 0 heterocycles. The van der Waals surface area contributed by atoms with Gasteiger partial charge in [-0.1, -0.05) is 28.1 Å². The summed E-state index contributed by atoms with van der Waals surface area (Å²) in [7, 11) is 0. The lowest BCUT2D eigenvalue weighted by molar-refractivity contribution is -0.142. The fourth-order valence-electron chi connectivity index (χ4n) is 1.55. The third kappa shape index (κ3) is 7.13. The standard InChI is InChI=1S/C14H19BrN2O3/c1-2-20-13(18)8-10-17-14(19)16-9-7-11-3-5-12(15)6-4-11/h3-6H,2,7-10H2,1H3,(H2,16,17,19). The Labute approximate surface area is 127 Å². The Morgan fingerprint density at radius 2 is 1.80 bits per heavy atom. The van der Waals surface area contributed by atoms with E-state index in [1.54, 1.807) is 6.92 Å². The molecule has 1 aromatic carbocycles. The van der Waals surface area contributed by atoms with E-state index in [4.69, 9.17) is 4.74 Å². The zero-order chi connectivity index (χ0) is 14.8. The van der Waals surface area contributed by atoms with E-state index in [0.29, 0.717) is 13.2 Å². The van der Waals surface area contributed by atoms with E-state index < -0.39 is 0 Å². The first-order valence-corrected chi connectivity index (χ1v) is 7.33. The molecule has 1 aromatic rings. The highest BCUT2D eigenvalue weighted by molar-refractivity contribution is 9.10. The number of carbonyl (C=O) groups excluding carboxylic acids is 2. The number of ether oxygens (including phenoxy) is 1. The van der Waals surface area contributed by atoms with Crippen LogP contribution < -0.4 is 10.6 Å². The van der Waals surface area contributed by atoms with E-state index in [-0.39, 0.29) is 25.0 Å². The first kappa shape index (κ1) is 16.5. The van der Waals surface area contributed by atoms with E-state index >= 15 is 0 Å². The summed E-state index contributed by atoms with van der Waals surface area (Å²) in [6, 6.07) is 7.67. The van der Waals surface area contributed by atoms with Gasteiger partial charge in [0.05, 0.1) is 13.0 Å². The van der Waals surface area contributed by atoms with Crippen LogP contribution in [0.1, 0.15) is 18.9 Å². The smallest absolute Gasteiger partial charge is 0.314 e. The molecule has 0 fully saturated rings. The van der Waals surface area contributed by atoms with Gasteiger partial charge in [-0.25, -0.2) is 4.79 Å². The second-order valence-corrected chi connectivity index (χ2v) is 5.03. The van der Waals surface area contributed by atoms with Crippen LogP contribution in [0, 0.1) is 0 Å². The van der Waals surface area contributed by atoms with Crippen molar-refractivity contribution in [3.8, 4) is 0 Å². The van der Waals surface area contributed by atoms with E-state index in [0.717, 1.165) is 16.5 Å².